The number of nitrogens with one attached hydrogen (secondary N) is 1. The van der Waals surface area contributed by atoms with Crippen LogP contribution in [0.25, 0.3) is 0 Å². The molecule has 0 radical (unpaired) electrons. The Kier molecular flexibility index (Phi) is 4.67. The number of ether oxygens (including phenoxy) is 1. The van der Waals surface area contributed by atoms with Crippen LogP contribution in [0.5, 0.6) is 5.75 Å². The zero-order chi connectivity index (χ0) is 13.1. The monoisotopic (exact) mass is 375 g/mol. The summed E-state index contributed by atoms with van der Waals surface area (Å²) in [5.41, 5.74) is 1.18. The van der Waals surface area contributed by atoms with E-state index < -0.39 is 0 Å². The van der Waals surface area contributed by atoms with Gasteiger partial charge in [0.15, 0.2) is 0 Å². The summed E-state index contributed by atoms with van der Waals surface area (Å²) < 4.78 is 7.43. The lowest BCUT2D eigenvalue weighted by atomic mass is 10.0. The van der Waals surface area contributed by atoms with Gasteiger partial charge in [-0.1, -0.05) is 0 Å². The molecule has 1 fully saturated rings. The molecule has 1 saturated heterocycles. The molecule has 1 aliphatic heterocycles. The van der Waals surface area contributed by atoms with Crippen LogP contribution in [0.1, 0.15) is 25.3 Å². The van der Waals surface area contributed by atoms with Crippen LogP contribution >= 0.6 is 31.9 Å². The second-order valence-electron chi connectivity index (χ2n) is 4.33. The lowest BCUT2D eigenvalue weighted by Crippen LogP contribution is -2.27. The van der Waals surface area contributed by atoms with Gasteiger partial charge in [-0.25, -0.2) is 0 Å². The fourth-order valence-corrected chi connectivity index (χ4v) is 3.64. The van der Waals surface area contributed by atoms with Crippen molar-refractivity contribution in [1.82, 2.24) is 5.32 Å². The third-order valence-electron chi connectivity index (χ3n) is 2.91. The molecule has 18 heavy (non-hydrogen) atoms. The zero-order valence-electron chi connectivity index (χ0n) is 10.1. The van der Waals surface area contributed by atoms with Gasteiger partial charge in [-0.15, -0.1) is 0 Å². The molecule has 0 spiro atoms. The fraction of sp³-hybridized carbons (Fsp3) is 0.462. The van der Waals surface area contributed by atoms with E-state index in [0.717, 1.165) is 27.5 Å². The van der Waals surface area contributed by atoms with Gasteiger partial charge in [-0.3, -0.25) is 4.79 Å². The Labute approximate surface area is 124 Å². The molecular weight excluding hydrogens is 362 g/mol. The molecule has 0 saturated carbocycles. The molecule has 1 aliphatic rings. The summed E-state index contributed by atoms with van der Waals surface area (Å²) in [5.74, 6) is 0.987. The number of benzene rings is 1. The Balaban J connectivity index is 2.12. The SMILES string of the molecule is CCOc1c(Br)cc(CC2CCC(=O)N2)cc1Br. The van der Waals surface area contributed by atoms with E-state index in [-0.39, 0.29) is 11.9 Å². The Morgan fingerprint density at radius 3 is 2.56 bits per heavy atom. The quantitative estimate of drug-likeness (QED) is 0.874. The number of carbonyl (C=O) groups excluding carboxylic acids is 1. The van der Waals surface area contributed by atoms with Gasteiger partial charge in [0.1, 0.15) is 5.75 Å². The molecule has 1 unspecified atom stereocenters. The van der Waals surface area contributed by atoms with E-state index in [2.05, 4.69) is 49.3 Å². The number of hydrogen-bond donors (Lipinski definition) is 1. The lowest BCUT2D eigenvalue weighted by molar-refractivity contribution is -0.119. The summed E-state index contributed by atoms with van der Waals surface area (Å²) in [5, 5.41) is 2.98. The third-order valence-corrected chi connectivity index (χ3v) is 4.09. The summed E-state index contributed by atoms with van der Waals surface area (Å²) in [6, 6.07) is 4.37. The maximum absolute atomic E-state index is 11.2. The predicted octanol–water partition coefficient (Wildman–Crippen LogP) is 3.43. The summed E-state index contributed by atoms with van der Waals surface area (Å²) in [6.07, 6.45) is 2.42. The van der Waals surface area contributed by atoms with Gasteiger partial charge in [0.05, 0.1) is 15.6 Å². The minimum absolute atomic E-state index is 0.157. The van der Waals surface area contributed by atoms with Crippen LogP contribution in [0.4, 0.5) is 0 Å². The first kappa shape index (κ1) is 13.9. The first-order valence-corrected chi connectivity index (χ1v) is 7.58. The third kappa shape index (κ3) is 3.26. The molecule has 0 aliphatic carbocycles. The highest BCUT2D eigenvalue weighted by atomic mass is 79.9. The van der Waals surface area contributed by atoms with Crippen molar-refractivity contribution < 1.29 is 9.53 Å². The molecule has 0 bridgehead atoms. The lowest BCUT2D eigenvalue weighted by Gasteiger charge is -2.13. The highest BCUT2D eigenvalue weighted by Crippen LogP contribution is 2.35. The van der Waals surface area contributed by atoms with Gasteiger partial charge in [-0.2, -0.15) is 0 Å². The molecular formula is C13H15Br2NO2. The van der Waals surface area contributed by atoms with E-state index in [1.54, 1.807) is 0 Å². The van der Waals surface area contributed by atoms with Gasteiger partial charge in [0.25, 0.3) is 0 Å². The van der Waals surface area contributed by atoms with Crippen LogP contribution in [-0.2, 0) is 11.2 Å². The second-order valence-corrected chi connectivity index (χ2v) is 6.04. The Morgan fingerprint density at radius 1 is 1.39 bits per heavy atom. The average molecular weight is 377 g/mol. The molecule has 1 heterocycles. The fourth-order valence-electron chi connectivity index (χ4n) is 2.13. The number of rotatable bonds is 4. The Bertz CT molecular complexity index is 439. The van der Waals surface area contributed by atoms with Crippen LogP contribution in [-0.4, -0.2) is 18.6 Å². The topological polar surface area (TPSA) is 38.3 Å². The summed E-state index contributed by atoms with van der Waals surface area (Å²) in [4.78, 5) is 11.2. The Morgan fingerprint density at radius 2 is 2.06 bits per heavy atom. The first-order valence-electron chi connectivity index (χ1n) is 6.00. The minimum Gasteiger partial charge on any atom is -0.492 e. The smallest absolute Gasteiger partial charge is 0.220 e. The van der Waals surface area contributed by atoms with Gasteiger partial charge in [0.2, 0.25) is 5.91 Å². The second kappa shape index (κ2) is 6.06. The zero-order valence-corrected chi connectivity index (χ0v) is 13.3. The van der Waals surface area contributed by atoms with Crippen LogP contribution in [0.15, 0.2) is 21.1 Å². The number of carbonyl (C=O) groups is 1. The molecule has 1 amide bonds. The maximum Gasteiger partial charge on any atom is 0.220 e. The van der Waals surface area contributed by atoms with Gasteiger partial charge in [-0.05, 0) is 69.3 Å². The van der Waals surface area contributed by atoms with Crippen molar-refractivity contribution in [2.45, 2.75) is 32.2 Å². The van der Waals surface area contributed by atoms with E-state index in [1.165, 1.54) is 5.56 Å². The van der Waals surface area contributed by atoms with E-state index in [0.29, 0.717) is 13.0 Å². The largest absolute Gasteiger partial charge is 0.492 e. The molecule has 0 aromatic heterocycles. The normalized spacial score (nSPS) is 18.8. The standard InChI is InChI=1S/C13H15Br2NO2/c1-2-18-13-10(14)6-8(7-11(13)15)5-9-3-4-12(17)16-9/h6-7,9H,2-5H2,1H3,(H,16,17). The molecule has 1 aromatic rings. The average Bonchev–Trinajstić information content (AvgIpc) is 2.69. The highest BCUT2D eigenvalue weighted by Gasteiger charge is 2.21. The van der Waals surface area contributed by atoms with Crippen molar-refractivity contribution in [3.05, 3.63) is 26.6 Å². The molecule has 1 atom stereocenters. The van der Waals surface area contributed by atoms with Crippen LogP contribution < -0.4 is 10.1 Å². The summed E-state index contributed by atoms with van der Waals surface area (Å²) in [6.45, 7) is 2.59. The summed E-state index contributed by atoms with van der Waals surface area (Å²) >= 11 is 7.04. The van der Waals surface area contributed by atoms with Gasteiger partial charge in [0, 0.05) is 12.5 Å². The van der Waals surface area contributed by atoms with Gasteiger partial charge < -0.3 is 10.1 Å². The van der Waals surface area contributed by atoms with Crippen LogP contribution in [0.3, 0.4) is 0 Å². The van der Waals surface area contributed by atoms with Crippen molar-refractivity contribution in [2.24, 2.45) is 0 Å². The van der Waals surface area contributed by atoms with Crippen LogP contribution in [0.2, 0.25) is 0 Å². The molecule has 3 nitrogen and oxygen atoms in total. The highest BCUT2D eigenvalue weighted by molar-refractivity contribution is 9.11. The first-order chi connectivity index (χ1) is 8.60. The number of halogens is 2. The molecule has 5 heteroatoms. The van der Waals surface area contributed by atoms with Crippen molar-refractivity contribution in [2.75, 3.05) is 6.61 Å². The Hall–Kier alpha value is -0.550. The predicted molar refractivity (Wildman–Crippen MR) is 77.9 cm³/mol. The molecule has 1 N–H and O–H groups in total. The number of hydrogen-bond acceptors (Lipinski definition) is 2. The van der Waals surface area contributed by atoms with Crippen molar-refractivity contribution >= 4 is 37.8 Å². The van der Waals surface area contributed by atoms with Crippen molar-refractivity contribution in [3.63, 3.8) is 0 Å². The summed E-state index contributed by atoms with van der Waals surface area (Å²) in [7, 11) is 0. The minimum atomic E-state index is 0.157. The molecule has 1 aromatic carbocycles. The van der Waals surface area contributed by atoms with Crippen LogP contribution in [0, 0.1) is 0 Å². The van der Waals surface area contributed by atoms with Crippen molar-refractivity contribution in [1.29, 1.82) is 0 Å². The number of amides is 1. The van der Waals surface area contributed by atoms with E-state index in [9.17, 15) is 4.79 Å². The van der Waals surface area contributed by atoms with E-state index in [4.69, 9.17) is 4.74 Å². The van der Waals surface area contributed by atoms with E-state index in [1.807, 2.05) is 6.92 Å². The maximum atomic E-state index is 11.2. The van der Waals surface area contributed by atoms with E-state index >= 15 is 0 Å². The molecule has 98 valence electrons. The van der Waals surface area contributed by atoms with Crippen molar-refractivity contribution in [3.8, 4) is 5.75 Å². The molecule has 2 rings (SSSR count). The van der Waals surface area contributed by atoms with Gasteiger partial charge >= 0.3 is 0 Å².